The van der Waals surface area contributed by atoms with Crippen molar-refractivity contribution in [3.8, 4) is 11.5 Å². The number of phenols is 2. The second-order valence-electron chi connectivity index (χ2n) is 3.87. The number of nitrogens with zero attached hydrogens (tertiary/aromatic N) is 2. The van der Waals surface area contributed by atoms with E-state index in [1.165, 1.54) is 18.5 Å². The van der Waals surface area contributed by atoms with Crippen molar-refractivity contribution in [3.05, 3.63) is 50.7 Å². The molecule has 0 saturated carbocycles. The molecule has 0 bridgehead atoms. The number of halogens is 2. The lowest BCUT2D eigenvalue weighted by atomic mass is 10.2. The molecule has 2 aromatic rings. The molecule has 2 rings (SSSR count). The van der Waals surface area contributed by atoms with E-state index in [4.69, 9.17) is 0 Å². The second kappa shape index (κ2) is 6.68. The Hall–Kier alpha value is -1.93. The monoisotopic (exact) mass is 413 g/mol. The Morgan fingerprint density at radius 3 is 2.71 bits per heavy atom. The predicted molar refractivity (Wildman–Crippen MR) is 84.5 cm³/mol. The Labute approximate surface area is 136 Å². The van der Waals surface area contributed by atoms with Crippen LogP contribution in [0.3, 0.4) is 0 Å². The molecule has 6 nitrogen and oxygen atoms in total. The maximum absolute atomic E-state index is 11.7. The third-order valence-corrected chi connectivity index (χ3v) is 3.90. The van der Waals surface area contributed by atoms with Crippen molar-refractivity contribution in [2.45, 2.75) is 0 Å². The summed E-state index contributed by atoms with van der Waals surface area (Å²) < 4.78 is 0.569. The zero-order chi connectivity index (χ0) is 15.4. The summed E-state index contributed by atoms with van der Waals surface area (Å²) >= 11 is 6.23. The summed E-state index contributed by atoms with van der Waals surface area (Å²) in [5.74, 6) is -1.05. The number of hydrazone groups is 1. The molecular formula is C13H9Br2N3O3. The molecule has 1 heterocycles. The number of amides is 1. The first-order chi connectivity index (χ1) is 10.0. The van der Waals surface area contributed by atoms with Crippen molar-refractivity contribution in [1.29, 1.82) is 0 Å². The molecule has 1 aromatic heterocycles. The van der Waals surface area contributed by atoms with E-state index in [0.29, 0.717) is 10.0 Å². The van der Waals surface area contributed by atoms with E-state index in [1.807, 2.05) is 0 Å². The van der Waals surface area contributed by atoms with Crippen LogP contribution in [0.1, 0.15) is 16.1 Å². The van der Waals surface area contributed by atoms with E-state index in [-0.39, 0.29) is 21.7 Å². The first-order valence-electron chi connectivity index (χ1n) is 5.65. The number of carbonyl (C=O) groups is 1. The summed E-state index contributed by atoms with van der Waals surface area (Å²) in [5.41, 5.74) is 3.03. The lowest BCUT2D eigenvalue weighted by Gasteiger charge is -2.06. The SMILES string of the molecule is O=C(NN=Cc1cc(Br)c(O)c(O)c1Br)c1ccccn1. The zero-order valence-corrected chi connectivity index (χ0v) is 13.6. The van der Waals surface area contributed by atoms with Gasteiger partial charge in [0.2, 0.25) is 0 Å². The Balaban J connectivity index is 2.14. The van der Waals surface area contributed by atoms with Crippen LogP contribution in [0.15, 0.2) is 44.5 Å². The minimum absolute atomic E-state index is 0.239. The van der Waals surface area contributed by atoms with Gasteiger partial charge >= 0.3 is 0 Å². The molecule has 0 aliphatic carbocycles. The third kappa shape index (κ3) is 3.59. The Morgan fingerprint density at radius 1 is 1.29 bits per heavy atom. The molecule has 0 unspecified atom stereocenters. The number of nitrogens with one attached hydrogen (secondary N) is 1. The maximum Gasteiger partial charge on any atom is 0.289 e. The first kappa shape index (κ1) is 15.5. The molecule has 108 valence electrons. The van der Waals surface area contributed by atoms with Crippen LogP contribution in [-0.2, 0) is 0 Å². The van der Waals surface area contributed by atoms with Crippen LogP contribution in [0.4, 0.5) is 0 Å². The molecular weight excluding hydrogens is 406 g/mol. The third-order valence-electron chi connectivity index (χ3n) is 2.46. The van der Waals surface area contributed by atoms with Gasteiger partial charge in [-0.25, -0.2) is 5.43 Å². The van der Waals surface area contributed by atoms with Gasteiger partial charge in [-0.3, -0.25) is 9.78 Å². The lowest BCUT2D eigenvalue weighted by Crippen LogP contribution is -2.18. The van der Waals surface area contributed by atoms with Gasteiger partial charge in [-0.15, -0.1) is 0 Å². The van der Waals surface area contributed by atoms with Crippen molar-refractivity contribution in [3.63, 3.8) is 0 Å². The minimum Gasteiger partial charge on any atom is -0.503 e. The summed E-state index contributed by atoms with van der Waals surface area (Å²) in [4.78, 5) is 15.6. The first-order valence-corrected chi connectivity index (χ1v) is 7.23. The van der Waals surface area contributed by atoms with Crippen LogP contribution in [0.5, 0.6) is 11.5 Å². The maximum atomic E-state index is 11.7. The van der Waals surface area contributed by atoms with Crippen LogP contribution in [0.2, 0.25) is 0 Å². The van der Waals surface area contributed by atoms with E-state index >= 15 is 0 Å². The average Bonchev–Trinajstić information content (AvgIpc) is 2.51. The number of phenolic OH excluding ortho intramolecular Hbond substituents is 2. The predicted octanol–water partition coefficient (Wildman–Crippen LogP) is 2.78. The van der Waals surface area contributed by atoms with E-state index in [9.17, 15) is 15.0 Å². The molecule has 0 saturated heterocycles. The topological polar surface area (TPSA) is 94.8 Å². The molecule has 8 heteroatoms. The molecule has 0 aliphatic rings. The van der Waals surface area contributed by atoms with Gasteiger partial charge in [0, 0.05) is 11.8 Å². The largest absolute Gasteiger partial charge is 0.503 e. The van der Waals surface area contributed by atoms with Crippen molar-refractivity contribution in [2.75, 3.05) is 0 Å². The molecule has 3 N–H and O–H groups in total. The molecule has 0 spiro atoms. The number of aromatic hydroxyl groups is 2. The van der Waals surface area contributed by atoms with Crippen LogP contribution in [0, 0.1) is 0 Å². The number of carbonyl (C=O) groups excluding carboxylic acids is 1. The minimum atomic E-state index is -0.454. The highest BCUT2D eigenvalue weighted by molar-refractivity contribution is 9.11. The van der Waals surface area contributed by atoms with E-state index in [1.54, 1.807) is 18.2 Å². The van der Waals surface area contributed by atoms with Gasteiger partial charge in [0.05, 0.1) is 15.2 Å². The van der Waals surface area contributed by atoms with E-state index < -0.39 is 5.91 Å². The van der Waals surface area contributed by atoms with Gasteiger partial charge in [-0.1, -0.05) is 6.07 Å². The fourth-order valence-corrected chi connectivity index (χ4v) is 2.27. The van der Waals surface area contributed by atoms with E-state index in [0.717, 1.165) is 0 Å². The number of aromatic nitrogens is 1. The Kier molecular flexibility index (Phi) is 4.92. The fourth-order valence-electron chi connectivity index (χ4n) is 1.43. The lowest BCUT2D eigenvalue weighted by molar-refractivity contribution is 0.0950. The molecule has 21 heavy (non-hydrogen) atoms. The highest BCUT2D eigenvalue weighted by Gasteiger charge is 2.13. The summed E-state index contributed by atoms with van der Waals surface area (Å²) in [5, 5.41) is 23.0. The summed E-state index contributed by atoms with van der Waals surface area (Å²) in [6.07, 6.45) is 2.83. The standard InChI is InChI=1S/C13H9Br2N3O3/c14-8-5-7(10(15)12(20)11(8)19)6-17-18-13(21)9-3-1-2-4-16-9/h1-6,19-20H,(H,18,21). The molecule has 0 atom stereocenters. The van der Waals surface area contributed by atoms with Gasteiger partial charge < -0.3 is 10.2 Å². The summed E-state index contributed by atoms with van der Waals surface area (Å²) in [6, 6.07) is 6.49. The molecule has 0 radical (unpaired) electrons. The van der Waals surface area contributed by atoms with Gasteiger partial charge in [0.1, 0.15) is 5.69 Å². The number of benzene rings is 1. The molecule has 1 aromatic carbocycles. The van der Waals surface area contributed by atoms with Gasteiger partial charge in [-0.2, -0.15) is 5.10 Å². The van der Waals surface area contributed by atoms with Crippen molar-refractivity contribution in [2.24, 2.45) is 5.10 Å². The number of hydrogen-bond acceptors (Lipinski definition) is 5. The molecule has 0 aliphatic heterocycles. The van der Waals surface area contributed by atoms with Crippen molar-refractivity contribution < 1.29 is 15.0 Å². The van der Waals surface area contributed by atoms with Gasteiger partial charge in [-0.05, 0) is 50.1 Å². The van der Waals surface area contributed by atoms with Crippen LogP contribution in [-0.4, -0.2) is 27.3 Å². The number of pyridine rings is 1. The van der Waals surface area contributed by atoms with Gasteiger partial charge in [0.25, 0.3) is 5.91 Å². The Bertz CT molecular complexity index is 706. The Morgan fingerprint density at radius 2 is 2.05 bits per heavy atom. The quantitative estimate of drug-likeness (QED) is 0.409. The van der Waals surface area contributed by atoms with Crippen molar-refractivity contribution in [1.82, 2.24) is 10.4 Å². The highest BCUT2D eigenvalue weighted by Crippen LogP contribution is 2.40. The smallest absolute Gasteiger partial charge is 0.289 e. The van der Waals surface area contributed by atoms with Crippen molar-refractivity contribution >= 4 is 44.0 Å². The molecule has 0 fully saturated rings. The zero-order valence-electron chi connectivity index (χ0n) is 10.4. The fraction of sp³-hybridized carbons (Fsp3) is 0. The van der Waals surface area contributed by atoms with E-state index in [2.05, 4.69) is 47.4 Å². The number of hydrogen-bond donors (Lipinski definition) is 3. The van der Waals surface area contributed by atoms with Crippen LogP contribution >= 0.6 is 31.9 Å². The summed E-state index contributed by atoms with van der Waals surface area (Å²) in [7, 11) is 0. The average molecular weight is 415 g/mol. The molecule has 1 amide bonds. The normalized spacial score (nSPS) is 10.8. The number of rotatable bonds is 3. The summed E-state index contributed by atoms with van der Waals surface area (Å²) in [6.45, 7) is 0. The van der Waals surface area contributed by atoms with Gasteiger partial charge in [0.15, 0.2) is 11.5 Å². The van der Waals surface area contributed by atoms with Crippen LogP contribution in [0.25, 0.3) is 0 Å². The highest BCUT2D eigenvalue weighted by atomic mass is 79.9. The second-order valence-corrected chi connectivity index (χ2v) is 5.52. The van der Waals surface area contributed by atoms with Crippen LogP contribution < -0.4 is 5.43 Å².